The summed E-state index contributed by atoms with van der Waals surface area (Å²) in [5, 5.41) is 4.08. The van der Waals surface area contributed by atoms with Crippen molar-refractivity contribution in [2.45, 2.75) is 39.1 Å². The fourth-order valence-electron chi connectivity index (χ4n) is 3.93. The van der Waals surface area contributed by atoms with Crippen LogP contribution in [0.2, 0.25) is 0 Å². The van der Waals surface area contributed by atoms with Gasteiger partial charge in [0.1, 0.15) is 5.76 Å². The summed E-state index contributed by atoms with van der Waals surface area (Å²) in [4.78, 5) is 5.06. The van der Waals surface area contributed by atoms with E-state index in [2.05, 4.69) is 45.3 Å². The first-order valence-corrected chi connectivity index (χ1v) is 8.74. The third-order valence-electron chi connectivity index (χ3n) is 5.28. The lowest BCUT2D eigenvalue weighted by molar-refractivity contribution is -0.0504. The molecule has 2 fully saturated rings. The maximum atomic E-state index is 6.06. The summed E-state index contributed by atoms with van der Waals surface area (Å²) in [6.07, 6.45) is 0.308. The fraction of sp³-hybridized carbons (Fsp3) is 0.526. The minimum absolute atomic E-state index is 0.308. The predicted octanol–water partition coefficient (Wildman–Crippen LogP) is 2.38. The molecule has 0 saturated carbocycles. The average molecular weight is 327 g/mol. The molecule has 2 saturated heterocycles. The number of likely N-dealkylation sites (tertiary alicyclic amines) is 1. The van der Waals surface area contributed by atoms with Crippen LogP contribution in [0.5, 0.6) is 0 Å². The molecule has 1 aromatic carbocycles. The average Bonchev–Trinajstić information content (AvgIpc) is 3.15. The van der Waals surface area contributed by atoms with Crippen LogP contribution in [-0.2, 0) is 17.8 Å². The fourth-order valence-corrected chi connectivity index (χ4v) is 3.93. The van der Waals surface area contributed by atoms with Gasteiger partial charge in [-0.25, -0.2) is 0 Å². The molecule has 24 heavy (non-hydrogen) atoms. The Balaban J connectivity index is 1.44. The monoisotopic (exact) mass is 327 g/mol. The van der Waals surface area contributed by atoms with Gasteiger partial charge >= 0.3 is 0 Å². The molecule has 128 valence electrons. The largest absolute Gasteiger partial charge is 0.374 e. The molecule has 1 aromatic heterocycles. The molecule has 3 heterocycles. The van der Waals surface area contributed by atoms with Crippen molar-refractivity contribution in [1.29, 1.82) is 0 Å². The molecule has 0 bridgehead atoms. The Kier molecular flexibility index (Phi) is 4.39. The molecule has 0 spiro atoms. The summed E-state index contributed by atoms with van der Waals surface area (Å²) >= 11 is 0. The van der Waals surface area contributed by atoms with Gasteiger partial charge in [-0.3, -0.25) is 9.80 Å². The van der Waals surface area contributed by atoms with E-state index in [-0.39, 0.29) is 0 Å². The quantitative estimate of drug-likeness (QED) is 0.862. The molecule has 0 unspecified atom stereocenters. The first-order valence-electron chi connectivity index (χ1n) is 8.74. The van der Waals surface area contributed by atoms with Crippen molar-refractivity contribution < 1.29 is 9.26 Å². The van der Waals surface area contributed by atoms with E-state index in [1.54, 1.807) is 0 Å². The first kappa shape index (κ1) is 15.8. The Bertz CT molecular complexity index is 666. The van der Waals surface area contributed by atoms with E-state index in [9.17, 15) is 0 Å². The van der Waals surface area contributed by atoms with Crippen molar-refractivity contribution >= 4 is 0 Å². The number of ether oxygens (including phenoxy) is 1. The lowest BCUT2D eigenvalue weighted by atomic mass is 10.1. The summed E-state index contributed by atoms with van der Waals surface area (Å²) in [5.74, 6) is 0.935. The zero-order chi connectivity index (χ0) is 16.5. The number of morpholine rings is 1. The lowest BCUT2D eigenvalue weighted by Gasteiger charge is -2.37. The van der Waals surface area contributed by atoms with E-state index in [1.165, 1.54) is 11.1 Å². The summed E-state index contributed by atoms with van der Waals surface area (Å²) < 4.78 is 11.4. The Morgan fingerprint density at radius 3 is 2.71 bits per heavy atom. The van der Waals surface area contributed by atoms with E-state index in [0.29, 0.717) is 12.1 Å². The van der Waals surface area contributed by atoms with Gasteiger partial charge in [0.2, 0.25) is 0 Å². The molecule has 0 aliphatic carbocycles. The van der Waals surface area contributed by atoms with E-state index in [4.69, 9.17) is 9.26 Å². The Labute approximate surface area is 143 Å². The maximum absolute atomic E-state index is 6.06. The molecule has 2 atom stereocenters. The molecular formula is C19H25N3O2. The summed E-state index contributed by atoms with van der Waals surface area (Å²) in [5.41, 5.74) is 3.61. The predicted molar refractivity (Wildman–Crippen MR) is 91.6 cm³/mol. The summed E-state index contributed by atoms with van der Waals surface area (Å²) in [7, 11) is 0. The lowest BCUT2D eigenvalue weighted by Crippen LogP contribution is -2.50. The van der Waals surface area contributed by atoms with Crippen molar-refractivity contribution in [1.82, 2.24) is 15.0 Å². The zero-order valence-corrected chi connectivity index (χ0v) is 14.4. The minimum atomic E-state index is 0.308. The molecule has 5 nitrogen and oxygen atoms in total. The van der Waals surface area contributed by atoms with Crippen molar-refractivity contribution in [3.63, 3.8) is 0 Å². The van der Waals surface area contributed by atoms with Gasteiger partial charge in [0.25, 0.3) is 0 Å². The second-order valence-electron chi connectivity index (χ2n) is 6.93. The molecule has 0 amide bonds. The number of nitrogens with zero attached hydrogens (tertiary/aromatic N) is 3. The van der Waals surface area contributed by atoms with E-state index in [0.717, 1.165) is 50.8 Å². The smallest absolute Gasteiger partial charge is 0.138 e. The molecular weight excluding hydrogens is 302 g/mol. The van der Waals surface area contributed by atoms with Crippen molar-refractivity contribution in [2.24, 2.45) is 0 Å². The van der Waals surface area contributed by atoms with Gasteiger partial charge in [0.15, 0.2) is 0 Å². The second-order valence-corrected chi connectivity index (χ2v) is 6.93. The van der Waals surface area contributed by atoms with E-state index >= 15 is 0 Å². The Morgan fingerprint density at radius 1 is 1.12 bits per heavy atom. The highest BCUT2D eigenvalue weighted by atomic mass is 16.5. The molecule has 2 aliphatic heterocycles. The van der Waals surface area contributed by atoms with Crippen LogP contribution in [0.3, 0.4) is 0 Å². The number of aryl methyl sites for hydroxylation is 2. The van der Waals surface area contributed by atoms with E-state index in [1.807, 2.05) is 13.8 Å². The van der Waals surface area contributed by atoms with Crippen LogP contribution in [-0.4, -0.2) is 53.3 Å². The molecule has 0 N–H and O–H groups in total. The van der Waals surface area contributed by atoms with Crippen LogP contribution >= 0.6 is 0 Å². The van der Waals surface area contributed by atoms with Crippen LogP contribution < -0.4 is 0 Å². The van der Waals surface area contributed by atoms with Crippen LogP contribution in [0.15, 0.2) is 34.9 Å². The maximum Gasteiger partial charge on any atom is 0.138 e. The van der Waals surface area contributed by atoms with Gasteiger partial charge < -0.3 is 9.26 Å². The van der Waals surface area contributed by atoms with Crippen LogP contribution in [0.25, 0.3) is 0 Å². The Hall–Kier alpha value is -1.69. The molecule has 4 rings (SSSR count). The SMILES string of the molecule is Cc1noc(C)c1CN1C[C@@H]2OCCN(Cc3ccccc3)[C@@H]2C1. The normalized spacial score (nSPS) is 25.1. The van der Waals surface area contributed by atoms with Crippen LogP contribution in [0.4, 0.5) is 0 Å². The van der Waals surface area contributed by atoms with Crippen LogP contribution in [0.1, 0.15) is 22.6 Å². The van der Waals surface area contributed by atoms with Gasteiger partial charge in [-0.15, -0.1) is 0 Å². The number of aromatic nitrogens is 1. The molecule has 2 aromatic rings. The number of hydrogen-bond donors (Lipinski definition) is 0. The summed E-state index contributed by atoms with van der Waals surface area (Å²) in [6.45, 7) is 9.79. The third-order valence-corrected chi connectivity index (χ3v) is 5.28. The minimum Gasteiger partial charge on any atom is -0.374 e. The van der Waals surface area contributed by atoms with Gasteiger partial charge in [-0.1, -0.05) is 35.5 Å². The highest BCUT2D eigenvalue weighted by Gasteiger charge is 2.40. The standard InChI is InChI=1S/C19H25N3O2/c1-14-17(15(2)24-20-14)11-21-12-18-19(13-21)23-9-8-22(18)10-16-6-4-3-5-7-16/h3-7,18-19H,8-13H2,1-2H3/t18-,19+/m1/s1. The van der Waals surface area contributed by atoms with Gasteiger partial charge in [-0.2, -0.15) is 0 Å². The van der Waals surface area contributed by atoms with Gasteiger partial charge in [0.05, 0.1) is 24.4 Å². The van der Waals surface area contributed by atoms with Crippen LogP contribution in [0, 0.1) is 13.8 Å². The number of hydrogen-bond acceptors (Lipinski definition) is 5. The van der Waals surface area contributed by atoms with Gasteiger partial charge in [0, 0.05) is 38.3 Å². The van der Waals surface area contributed by atoms with Crippen molar-refractivity contribution in [3.8, 4) is 0 Å². The number of fused-ring (bicyclic) bond motifs is 1. The van der Waals surface area contributed by atoms with E-state index < -0.39 is 0 Å². The highest BCUT2D eigenvalue weighted by molar-refractivity contribution is 5.21. The number of rotatable bonds is 4. The zero-order valence-electron chi connectivity index (χ0n) is 14.4. The molecule has 2 aliphatic rings. The number of benzene rings is 1. The second kappa shape index (κ2) is 6.67. The Morgan fingerprint density at radius 2 is 1.96 bits per heavy atom. The van der Waals surface area contributed by atoms with Crippen molar-refractivity contribution in [2.75, 3.05) is 26.2 Å². The molecule has 0 radical (unpaired) electrons. The van der Waals surface area contributed by atoms with Gasteiger partial charge in [-0.05, 0) is 19.4 Å². The first-order chi connectivity index (χ1) is 11.7. The summed E-state index contributed by atoms with van der Waals surface area (Å²) in [6, 6.07) is 11.2. The third kappa shape index (κ3) is 3.11. The topological polar surface area (TPSA) is 41.7 Å². The molecule has 5 heteroatoms. The highest BCUT2D eigenvalue weighted by Crippen LogP contribution is 2.26. The van der Waals surface area contributed by atoms with Crippen molar-refractivity contribution in [3.05, 3.63) is 52.9 Å².